The van der Waals surface area contributed by atoms with Crippen LogP contribution in [0.25, 0.3) is 0 Å². The van der Waals surface area contributed by atoms with Crippen molar-refractivity contribution in [3.05, 3.63) is 53.6 Å². The predicted molar refractivity (Wildman–Crippen MR) is 75.7 cm³/mol. The van der Waals surface area contributed by atoms with Gasteiger partial charge in [-0.15, -0.1) is 11.8 Å². The number of benzene rings is 2. The quantitative estimate of drug-likeness (QED) is 0.829. The van der Waals surface area contributed by atoms with E-state index in [4.69, 9.17) is 9.84 Å². The van der Waals surface area contributed by atoms with Gasteiger partial charge in [-0.3, -0.25) is 0 Å². The van der Waals surface area contributed by atoms with Crippen LogP contribution in [0.4, 0.5) is 13.2 Å². The number of ether oxygens (including phenoxy) is 1. The van der Waals surface area contributed by atoms with Gasteiger partial charge in [0.05, 0.1) is 12.2 Å². The molecule has 6 heteroatoms. The summed E-state index contributed by atoms with van der Waals surface area (Å²) in [5, 5.41) is 8.98. The molecule has 0 amide bonds. The first-order valence-electron chi connectivity index (χ1n) is 6.07. The molecule has 0 aromatic heterocycles. The van der Waals surface area contributed by atoms with Gasteiger partial charge >= 0.3 is 6.18 Å². The predicted octanol–water partition coefficient (Wildman–Crippen LogP) is 4.71. The summed E-state index contributed by atoms with van der Waals surface area (Å²) in [5.74, 6) is 0.0912. The van der Waals surface area contributed by atoms with Gasteiger partial charge in [-0.1, -0.05) is 18.2 Å². The van der Waals surface area contributed by atoms with Gasteiger partial charge in [0.2, 0.25) is 0 Å². The van der Waals surface area contributed by atoms with Crippen LogP contribution >= 0.6 is 11.8 Å². The summed E-state index contributed by atoms with van der Waals surface area (Å²) >= 11 is 1.39. The highest BCUT2D eigenvalue weighted by atomic mass is 32.2. The number of thioether (sulfide) groups is 1. The van der Waals surface area contributed by atoms with E-state index in [1.807, 2.05) is 6.26 Å². The first-order chi connectivity index (χ1) is 9.95. The van der Waals surface area contributed by atoms with E-state index in [1.165, 1.54) is 23.9 Å². The first kappa shape index (κ1) is 15.7. The van der Waals surface area contributed by atoms with Gasteiger partial charge in [-0.2, -0.15) is 13.2 Å². The Labute approximate surface area is 124 Å². The van der Waals surface area contributed by atoms with Gasteiger partial charge in [0.1, 0.15) is 11.5 Å². The molecule has 0 spiro atoms. The van der Waals surface area contributed by atoms with E-state index in [1.54, 1.807) is 24.3 Å². The molecule has 0 atom stereocenters. The third kappa shape index (κ3) is 3.71. The number of aliphatic hydroxyl groups is 1. The molecule has 2 aromatic rings. The smallest absolute Gasteiger partial charge is 0.419 e. The highest BCUT2D eigenvalue weighted by Crippen LogP contribution is 2.40. The van der Waals surface area contributed by atoms with Crippen LogP contribution in [-0.2, 0) is 12.8 Å². The molecule has 2 rings (SSSR count). The lowest BCUT2D eigenvalue weighted by Gasteiger charge is -2.16. The number of halogens is 3. The van der Waals surface area contributed by atoms with E-state index >= 15 is 0 Å². The third-order valence-corrected chi connectivity index (χ3v) is 3.60. The van der Waals surface area contributed by atoms with Crippen molar-refractivity contribution in [1.29, 1.82) is 0 Å². The minimum atomic E-state index is -4.55. The molecule has 0 aliphatic carbocycles. The number of hydrogen-bond acceptors (Lipinski definition) is 3. The first-order valence-corrected chi connectivity index (χ1v) is 7.30. The maximum atomic E-state index is 13.1. The lowest BCUT2D eigenvalue weighted by molar-refractivity contribution is -0.138. The number of para-hydroxylation sites is 1. The van der Waals surface area contributed by atoms with E-state index in [9.17, 15) is 13.2 Å². The number of aliphatic hydroxyl groups excluding tert-OH is 1. The second kappa shape index (κ2) is 6.41. The SMILES string of the molecule is CSc1ccccc1Oc1ccc(CO)cc1C(F)(F)F. The zero-order chi connectivity index (χ0) is 15.5. The second-order valence-electron chi connectivity index (χ2n) is 4.24. The fourth-order valence-corrected chi connectivity index (χ4v) is 2.33. The topological polar surface area (TPSA) is 29.5 Å². The van der Waals surface area contributed by atoms with Crippen molar-refractivity contribution < 1.29 is 23.0 Å². The molecule has 0 aliphatic heterocycles. The van der Waals surface area contributed by atoms with Crippen LogP contribution < -0.4 is 4.74 Å². The van der Waals surface area contributed by atoms with Crippen molar-refractivity contribution in [2.45, 2.75) is 17.7 Å². The Morgan fingerprint density at radius 3 is 2.43 bits per heavy atom. The molecular formula is C15H13F3O2S. The van der Waals surface area contributed by atoms with E-state index < -0.39 is 18.3 Å². The van der Waals surface area contributed by atoms with E-state index in [2.05, 4.69) is 0 Å². The van der Waals surface area contributed by atoms with E-state index in [0.29, 0.717) is 5.75 Å². The summed E-state index contributed by atoms with van der Waals surface area (Å²) in [4.78, 5) is 0.747. The summed E-state index contributed by atoms with van der Waals surface area (Å²) in [6, 6.07) is 10.4. The van der Waals surface area contributed by atoms with Crippen molar-refractivity contribution in [2.75, 3.05) is 6.26 Å². The largest absolute Gasteiger partial charge is 0.456 e. The van der Waals surface area contributed by atoms with Crippen LogP contribution in [-0.4, -0.2) is 11.4 Å². The van der Waals surface area contributed by atoms with Crippen molar-refractivity contribution in [1.82, 2.24) is 0 Å². The molecule has 0 bridgehead atoms. The van der Waals surface area contributed by atoms with Gasteiger partial charge in [0, 0.05) is 4.90 Å². The van der Waals surface area contributed by atoms with E-state index in [0.717, 1.165) is 11.0 Å². The molecule has 2 aromatic carbocycles. The molecule has 0 saturated carbocycles. The average molecular weight is 314 g/mol. The number of rotatable bonds is 4. The normalized spacial score (nSPS) is 11.5. The molecule has 0 aliphatic rings. The summed E-state index contributed by atoms with van der Waals surface area (Å²) in [6.45, 7) is -0.454. The minimum Gasteiger partial charge on any atom is -0.456 e. The van der Waals surface area contributed by atoms with Crippen molar-refractivity contribution in [2.24, 2.45) is 0 Å². The van der Waals surface area contributed by atoms with Crippen LogP contribution in [0, 0.1) is 0 Å². The van der Waals surface area contributed by atoms with Crippen LogP contribution in [0.2, 0.25) is 0 Å². The highest BCUT2D eigenvalue weighted by Gasteiger charge is 2.35. The molecule has 0 heterocycles. The fourth-order valence-electron chi connectivity index (χ4n) is 1.81. The summed E-state index contributed by atoms with van der Waals surface area (Å²) < 4.78 is 44.7. The molecule has 21 heavy (non-hydrogen) atoms. The molecule has 1 N–H and O–H groups in total. The molecular weight excluding hydrogens is 301 g/mol. The number of alkyl halides is 3. The maximum Gasteiger partial charge on any atom is 0.419 e. The standard InChI is InChI=1S/C15H13F3O2S/c1-21-14-5-3-2-4-13(14)20-12-7-6-10(9-19)8-11(12)15(16,17)18/h2-8,19H,9H2,1H3. The Morgan fingerprint density at radius 2 is 1.81 bits per heavy atom. The molecule has 0 radical (unpaired) electrons. The van der Waals surface area contributed by atoms with Crippen LogP contribution in [0.3, 0.4) is 0 Å². The molecule has 0 saturated heterocycles. The number of hydrogen-bond donors (Lipinski definition) is 1. The Hall–Kier alpha value is -1.66. The Balaban J connectivity index is 2.44. The summed E-state index contributed by atoms with van der Waals surface area (Å²) in [5.41, 5.74) is -0.710. The van der Waals surface area contributed by atoms with Gasteiger partial charge < -0.3 is 9.84 Å². The third-order valence-electron chi connectivity index (χ3n) is 2.82. The van der Waals surface area contributed by atoms with Gasteiger partial charge in [0.25, 0.3) is 0 Å². The van der Waals surface area contributed by atoms with Crippen molar-refractivity contribution >= 4 is 11.8 Å². The van der Waals surface area contributed by atoms with Crippen LogP contribution in [0.5, 0.6) is 11.5 Å². The Bertz CT molecular complexity index is 627. The second-order valence-corrected chi connectivity index (χ2v) is 5.09. The summed E-state index contributed by atoms with van der Waals surface area (Å²) in [7, 11) is 0. The van der Waals surface area contributed by atoms with Gasteiger partial charge in [0.15, 0.2) is 0 Å². The van der Waals surface area contributed by atoms with Crippen molar-refractivity contribution in [3.63, 3.8) is 0 Å². The monoisotopic (exact) mass is 314 g/mol. The minimum absolute atomic E-state index is 0.188. The van der Waals surface area contributed by atoms with Crippen LogP contribution in [0.1, 0.15) is 11.1 Å². The van der Waals surface area contributed by atoms with Crippen molar-refractivity contribution in [3.8, 4) is 11.5 Å². The highest BCUT2D eigenvalue weighted by molar-refractivity contribution is 7.98. The molecule has 0 unspecified atom stereocenters. The molecule has 112 valence electrons. The Morgan fingerprint density at radius 1 is 1.10 bits per heavy atom. The maximum absolute atomic E-state index is 13.1. The van der Waals surface area contributed by atoms with E-state index in [-0.39, 0.29) is 11.3 Å². The summed E-state index contributed by atoms with van der Waals surface area (Å²) in [6.07, 6.45) is -2.73. The average Bonchev–Trinajstić information content (AvgIpc) is 2.47. The fraction of sp³-hybridized carbons (Fsp3) is 0.200. The lowest BCUT2D eigenvalue weighted by Crippen LogP contribution is -2.08. The molecule has 0 fully saturated rings. The zero-order valence-corrected chi connectivity index (χ0v) is 12.0. The zero-order valence-electron chi connectivity index (χ0n) is 11.1. The van der Waals surface area contributed by atoms with Gasteiger partial charge in [-0.25, -0.2) is 0 Å². The van der Waals surface area contributed by atoms with Crippen LogP contribution in [0.15, 0.2) is 47.4 Å². The molecule has 2 nitrogen and oxygen atoms in total. The Kier molecular flexibility index (Phi) is 4.80. The van der Waals surface area contributed by atoms with Gasteiger partial charge in [-0.05, 0) is 36.1 Å². The lowest BCUT2D eigenvalue weighted by atomic mass is 10.1.